The van der Waals surface area contributed by atoms with Gasteiger partial charge < -0.3 is 15.4 Å². The molecule has 1 aliphatic rings. The number of aryl methyl sites for hydroxylation is 1. The molecule has 100 valence electrons. The molecular weight excluding hydrogens is 244 g/mol. The number of hydrogen-bond acceptors (Lipinski definition) is 3. The Morgan fingerprint density at radius 3 is 2.42 bits per heavy atom. The van der Waals surface area contributed by atoms with Gasteiger partial charge >= 0.3 is 12.0 Å². The zero-order chi connectivity index (χ0) is 14.0. The number of amides is 2. The van der Waals surface area contributed by atoms with Crippen molar-refractivity contribution in [2.75, 3.05) is 7.11 Å². The molecule has 5 heteroatoms. The third-order valence-electron chi connectivity index (χ3n) is 3.14. The molecule has 2 amide bonds. The molecular formula is C14H16N2O3. The highest BCUT2D eigenvalue weighted by Crippen LogP contribution is 2.26. The van der Waals surface area contributed by atoms with Crippen molar-refractivity contribution in [1.29, 1.82) is 0 Å². The predicted octanol–water partition coefficient (Wildman–Crippen LogP) is 1.80. The third kappa shape index (κ3) is 2.59. The van der Waals surface area contributed by atoms with Crippen LogP contribution in [0, 0.1) is 6.92 Å². The molecule has 0 radical (unpaired) electrons. The normalized spacial score (nSPS) is 18.7. The van der Waals surface area contributed by atoms with Gasteiger partial charge in [0.2, 0.25) is 0 Å². The number of methoxy groups -OCH3 is 1. The summed E-state index contributed by atoms with van der Waals surface area (Å²) in [5, 5.41) is 5.28. The van der Waals surface area contributed by atoms with Gasteiger partial charge in [-0.05, 0) is 25.0 Å². The molecule has 1 aromatic rings. The van der Waals surface area contributed by atoms with E-state index in [1.165, 1.54) is 7.11 Å². The minimum absolute atomic E-state index is 0.205. The lowest BCUT2D eigenvalue weighted by Gasteiger charge is -2.27. The van der Waals surface area contributed by atoms with Gasteiger partial charge in [-0.1, -0.05) is 29.8 Å². The van der Waals surface area contributed by atoms with E-state index in [1.54, 1.807) is 6.92 Å². The highest BCUT2D eigenvalue weighted by molar-refractivity contribution is 5.96. The van der Waals surface area contributed by atoms with E-state index in [-0.39, 0.29) is 11.7 Å². The number of benzene rings is 1. The van der Waals surface area contributed by atoms with E-state index in [1.807, 2.05) is 31.2 Å². The van der Waals surface area contributed by atoms with E-state index < -0.39 is 12.0 Å². The summed E-state index contributed by atoms with van der Waals surface area (Å²) >= 11 is 0. The quantitative estimate of drug-likeness (QED) is 0.797. The second-order valence-electron chi connectivity index (χ2n) is 4.49. The fourth-order valence-electron chi connectivity index (χ4n) is 2.04. The SMILES string of the molecule is COC(=O)C1=C(C)[C@@H](c2ccc(C)cc2)NC(=O)N1. The molecule has 0 saturated carbocycles. The van der Waals surface area contributed by atoms with Crippen LogP contribution >= 0.6 is 0 Å². The maximum absolute atomic E-state index is 11.6. The van der Waals surface area contributed by atoms with E-state index in [2.05, 4.69) is 15.4 Å². The molecule has 0 fully saturated rings. The topological polar surface area (TPSA) is 67.4 Å². The number of carbonyl (C=O) groups is 2. The molecule has 0 aliphatic carbocycles. The summed E-state index contributed by atoms with van der Waals surface area (Å²) in [6, 6.07) is 7.08. The summed E-state index contributed by atoms with van der Waals surface area (Å²) in [6.07, 6.45) is 0. The first-order valence-corrected chi connectivity index (χ1v) is 5.96. The Hall–Kier alpha value is -2.30. The van der Waals surface area contributed by atoms with Gasteiger partial charge in [-0.3, -0.25) is 0 Å². The first kappa shape index (κ1) is 13.1. The zero-order valence-corrected chi connectivity index (χ0v) is 11.1. The Kier molecular flexibility index (Phi) is 3.55. The molecule has 0 unspecified atom stereocenters. The molecule has 0 saturated heterocycles. The van der Waals surface area contributed by atoms with Crippen molar-refractivity contribution < 1.29 is 14.3 Å². The van der Waals surface area contributed by atoms with Gasteiger partial charge in [0, 0.05) is 0 Å². The number of carbonyl (C=O) groups excluding carboxylic acids is 2. The molecule has 2 rings (SSSR count). The van der Waals surface area contributed by atoms with Crippen molar-refractivity contribution in [3.8, 4) is 0 Å². The van der Waals surface area contributed by atoms with Crippen LogP contribution in [0.25, 0.3) is 0 Å². The number of ether oxygens (including phenoxy) is 1. The fraction of sp³-hybridized carbons (Fsp3) is 0.286. The first-order chi connectivity index (χ1) is 9.02. The highest BCUT2D eigenvalue weighted by Gasteiger charge is 2.29. The van der Waals surface area contributed by atoms with Crippen molar-refractivity contribution in [2.24, 2.45) is 0 Å². The molecule has 1 atom stereocenters. The smallest absolute Gasteiger partial charge is 0.354 e. The summed E-state index contributed by atoms with van der Waals surface area (Å²) in [7, 11) is 1.29. The Morgan fingerprint density at radius 2 is 1.84 bits per heavy atom. The Morgan fingerprint density at radius 1 is 1.21 bits per heavy atom. The fourth-order valence-corrected chi connectivity index (χ4v) is 2.04. The lowest BCUT2D eigenvalue weighted by molar-refractivity contribution is -0.136. The number of rotatable bonds is 2. The maximum atomic E-state index is 11.6. The average molecular weight is 260 g/mol. The van der Waals surface area contributed by atoms with Gasteiger partial charge in [0.1, 0.15) is 5.70 Å². The van der Waals surface area contributed by atoms with Gasteiger partial charge in [0.05, 0.1) is 13.2 Å². The molecule has 1 aromatic carbocycles. The summed E-state index contributed by atoms with van der Waals surface area (Å²) in [5.74, 6) is -0.538. The van der Waals surface area contributed by atoms with Crippen molar-refractivity contribution >= 4 is 12.0 Å². The molecule has 5 nitrogen and oxygen atoms in total. The predicted molar refractivity (Wildman–Crippen MR) is 70.3 cm³/mol. The number of esters is 1. The van der Waals surface area contributed by atoms with Gasteiger partial charge in [0.25, 0.3) is 0 Å². The summed E-state index contributed by atoms with van der Waals surface area (Å²) in [5.41, 5.74) is 3.00. The summed E-state index contributed by atoms with van der Waals surface area (Å²) < 4.78 is 4.67. The van der Waals surface area contributed by atoms with Crippen LogP contribution in [0.4, 0.5) is 4.79 Å². The second kappa shape index (κ2) is 5.14. The van der Waals surface area contributed by atoms with Gasteiger partial charge in [0.15, 0.2) is 0 Å². The summed E-state index contributed by atoms with van der Waals surface area (Å²) in [4.78, 5) is 23.3. The Balaban J connectivity index is 2.41. The average Bonchev–Trinajstić information content (AvgIpc) is 2.41. The minimum Gasteiger partial charge on any atom is -0.464 e. The van der Waals surface area contributed by atoms with Crippen molar-refractivity contribution in [1.82, 2.24) is 10.6 Å². The maximum Gasteiger partial charge on any atom is 0.354 e. The Bertz CT molecular complexity index is 546. The van der Waals surface area contributed by atoms with E-state index in [0.29, 0.717) is 0 Å². The van der Waals surface area contributed by atoms with Crippen LogP contribution in [0.15, 0.2) is 35.5 Å². The first-order valence-electron chi connectivity index (χ1n) is 5.96. The molecule has 0 spiro atoms. The zero-order valence-electron chi connectivity index (χ0n) is 11.1. The van der Waals surface area contributed by atoms with Crippen LogP contribution in [0.1, 0.15) is 24.1 Å². The standard InChI is InChI=1S/C14H16N2O3/c1-8-4-6-10(7-5-8)11-9(2)12(13(17)19-3)16-14(18)15-11/h4-7,11H,1-3H3,(H2,15,16,18)/t11-/m0/s1. The van der Waals surface area contributed by atoms with Crippen molar-refractivity contribution in [2.45, 2.75) is 19.9 Å². The number of hydrogen-bond donors (Lipinski definition) is 2. The number of urea groups is 1. The molecule has 19 heavy (non-hydrogen) atoms. The van der Waals surface area contributed by atoms with E-state index in [9.17, 15) is 9.59 Å². The highest BCUT2D eigenvalue weighted by atomic mass is 16.5. The lowest BCUT2D eigenvalue weighted by atomic mass is 9.96. The molecule has 0 bridgehead atoms. The van der Waals surface area contributed by atoms with E-state index in [4.69, 9.17) is 0 Å². The molecule has 1 heterocycles. The third-order valence-corrected chi connectivity index (χ3v) is 3.14. The van der Waals surface area contributed by atoms with E-state index in [0.717, 1.165) is 16.7 Å². The minimum atomic E-state index is -0.538. The molecule has 0 aromatic heterocycles. The van der Waals surface area contributed by atoms with Crippen LogP contribution in [-0.2, 0) is 9.53 Å². The molecule has 2 N–H and O–H groups in total. The second-order valence-corrected chi connectivity index (χ2v) is 4.49. The van der Waals surface area contributed by atoms with Gasteiger partial charge in [-0.2, -0.15) is 0 Å². The molecule has 1 aliphatic heterocycles. The number of nitrogens with one attached hydrogen (secondary N) is 2. The van der Waals surface area contributed by atoms with Crippen LogP contribution in [0.5, 0.6) is 0 Å². The lowest BCUT2D eigenvalue weighted by Crippen LogP contribution is -2.45. The van der Waals surface area contributed by atoms with Crippen molar-refractivity contribution in [3.05, 3.63) is 46.7 Å². The van der Waals surface area contributed by atoms with E-state index >= 15 is 0 Å². The van der Waals surface area contributed by atoms with Crippen LogP contribution in [0.2, 0.25) is 0 Å². The largest absolute Gasteiger partial charge is 0.464 e. The Labute approximate surface area is 111 Å². The summed E-state index contributed by atoms with van der Waals surface area (Å²) in [6.45, 7) is 3.79. The van der Waals surface area contributed by atoms with Crippen LogP contribution < -0.4 is 10.6 Å². The van der Waals surface area contributed by atoms with Crippen LogP contribution in [-0.4, -0.2) is 19.1 Å². The van der Waals surface area contributed by atoms with Crippen molar-refractivity contribution in [3.63, 3.8) is 0 Å². The monoisotopic (exact) mass is 260 g/mol. The van der Waals surface area contributed by atoms with Crippen LogP contribution in [0.3, 0.4) is 0 Å². The van der Waals surface area contributed by atoms with Gasteiger partial charge in [-0.15, -0.1) is 0 Å². The van der Waals surface area contributed by atoms with Gasteiger partial charge in [-0.25, -0.2) is 9.59 Å².